The van der Waals surface area contributed by atoms with E-state index in [2.05, 4.69) is 69.6 Å². The molecule has 1 fully saturated rings. The average Bonchev–Trinajstić information content (AvgIpc) is 2.86. The number of likely N-dealkylation sites (tertiary alicyclic amines) is 1. The van der Waals surface area contributed by atoms with Crippen LogP contribution in [0.2, 0.25) is 0 Å². The van der Waals surface area contributed by atoms with Crippen molar-refractivity contribution in [2.75, 3.05) is 11.9 Å². The van der Waals surface area contributed by atoms with Crippen LogP contribution in [0.25, 0.3) is 22.0 Å². The van der Waals surface area contributed by atoms with E-state index in [4.69, 9.17) is 0 Å². The van der Waals surface area contributed by atoms with Gasteiger partial charge in [-0.15, -0.1) is 0 Å². The van der Waals surface area contributed by atoms with E-state index < -0.39 is 6.29 Å². The maximum absolute atomic E-state index is 9.86. The lowest BCUT2D eigenvalue weighted by atomic mass is 9.99. The van der Waals surface area contributed by atoms with Crippen molar-refractivity contribution >= 4 is 22.4 Å². The van der Waals surface area contributed by atoms with Crippen LogP contribution in [0, 0.1) is 6.92 Å². The fourth-order valence-electron chi connectivity index (χ4n) is 4.96. The smallest absolute Gasteiger partial charge is 0.167 e. The number of aliphatic hydroxyl groups excluding tert-OH is 1. The lowest BCUT2D eigenvalue weighted by Gasteiger charge is -2.36. The highest BCUT2D eigenvalue weighted by molar-refractivity contribution is 5.92. The number of benzene rings is 2. The molecule has 3 heterocycles. The van der Waals surface area contributed by atoms with Gasteiger partial charge in [0.2, 0.25) is 0 Å². The van der Waals surface area contributed by atoms with E-state index >= 15 is 0 Å². The highest BCUT2D eigenvalue weighted by Gasteiger charge is 2.28. The van der Waals surface area contributed by atoms with Gasteiger partial charge in [0, 0.05) is 30.0 Å². The number of hydrogen-bond donors (Lipinski definition) is 3. The summed E-state index contributed by atoms with van der Waals surface area (Å²) in [7, 11) is 0. The zero-order valence-corrected chi connectivity index (χ0v) is 19.4. The van der Waals surface area contributed by atoms with Crippen LogP contribution in [0.3, 0.4) is 0 Å². The van der Waals surface area contributed by atoms with Crippen LogP contribution in [0.15, 0.2) is 73.1 Å². The standard InChI is InChI=1S/C28H30N4O2/c1-19-22(20-8-3-2-4-9-20)10-7-11-24(19)31-27-26-23(14-16-30-27)21(13-15-29-26)18-32-17-6-5-12-25(32)28(33)34/h2-4,7-11,13-16,25,28,33-34H,5-6,12,17-18H2,1H3,(H,30,31). The minimum absolute atomic E-state index is 0.236. The van der Waals surface area contributed by atoms with Gasteiger partial charge in [-0.1, -0.05) is 48.9 Å². The predicted octanol–water partition coefficient (Wildman–Crippen LogP) is 5.01. The molecule has 6 heteroatoms. The molecule has 1 atom stereocenters. The Morgan fingerprint density at radius 1 is 0.971 bits per heavy atom. The Balaban J connectivity index is 1.47. The van der Waals surface area contributed by atoms with Gasteiger partial charge >= 0.3 is 0 Å². The first-order chi connectivity index (χ1) is 16.6. The molecule has 0 bridgehead atoms. The van der Waals surface area contributed by atoms with Crippen LogP contribution in [-0.2, 0) is 6.54 Å². The largest absolute Gasteiger partial charge is 0.367 e. The number of fused-ring (bicyclic) bond motifs is 1. The van der Waals surface area contributed by atoms with Crippen LogP contribution in [-0.4, -0.2) is 44.0 Å². The van der Waals surface area contributed by atoms with Crippen LogP contribution >= 0.6 is 0 Å². The zero-order valence-electron chi connectivity index (χ0n) is 19.4. The summed E-state index contributed by atoms with van der Waals surface area (Å²) in [5.74, 6) is 0.713. The Morgan fingerprint density at radius 3 is 2.62 bits per heavy atom. The molecule has 174 valence electrons. The van der Waals surface area contributed by atoms with E-state index in [1.54, 1.807) is 6.20 Å². The van der Waals surface area contributed by atoms with Gasteiger partial charge in [0.1, 0.15) is 5.52 Å². The minimum atomic E-state index is -1.33. The third-order valence-electron chi connectivity index (χ3n) is 6.80. The van der Waals surface area contributed by atoms with Crippen molar-refractivity contribution in [3.05, 3.63) is 84.2 Å². The van der Waals surface area contributed by atoms with Crippen molar-refractivity contribution in [2.45, 2.75) is 45.1 Å². The lowest BCUT2D eigenvalue weighted by Crippen LogP contribution is -2.46. The molecule has 2 aromatic heterocycles. The molecule has 1 saturated heterocycles. The molecule has 1 unspecified atom stereocenters. The Hall–Kier alpha value is -3.32. The fraction of sp³-hybridized carbons (Fsp3) is 0.286. The van der Waals surface area contributed by atoms with Gasteiger partial charge < -0.3 is 15.5 Å². The summed E-state index contributed by atoms with van der Waals surface area (Å²) in [6, 6.07) is 20.4. The van der Waals surface area contributed by atoms with Crippen molar-refractivity contribution < 1.29 is 10.2 Å². The number of nitrogens with zero attached hydrogens (tertiary/aromatic N) is 3. The number of piperidine rings is 1. The van der Waals surface area contributed by atoms with Crippen LogP contribution in [0.1, 0.15) is 30.4 Å². The van der Waals surface area contributed by atoms with Crippen LogP contribution in [0.5, 0.6) is 0 Å². The highest BCUT2D eigenvalue weighted by Crippen LogP contribution is 2.32. The first-order valence-corrected chi connectivity index (χ1v) is 11.9. The summed E-state index contributed by atoms with van der Waals surface area (Å²) in [6.07, 6.45) is 5.18. The molecule has 2 aromatic carbocycles. The van der Waals surface area contributed by atoms with Gasteiger partial charge in [0.15, 0.2) is 12.1 Å². The molecule has 1 aliphatic heterocycles. The summed E-state index contributed by atoms with van der Waals surface area (Å²) >= 11 is 0. The molecular formula is C28H30N4O2. The number of nitrogens with one attached hydrogen (secondary N) is 1. The maximum Gasteiger partial charge on any atom is 0.167 e. The summed E-state index contributed by atoms with van der Waals surface area (Å²) in [5.41, 5.74) is 6.42. The second kappa shape index (κ2) is 9.89. The Kier molecular flexibility index (Phi) is 6.54. The Bertz CT molecular complexity index is 1280. The highest BCUT2D eigenvalue weighted by atomic mass is 16.5. The predicted molar refractivity (Wildman–Crippen MR) is 136 cm³/mol. The van der Waals surface area contributed by atoms with E-state index in [1.165, 1.54) is 11.1 Å². The summed E-state index contributed by atoms with van der Waals surface area (Å²) in [4.78, 5) is 11.4. The molecule has 3 N–H and O–H groups in total. The molecule has 5 rings (SSSR count). The number of anilines is 2. The van der Waals surface area contributed by atoms with E-state index in [0.717, 1.165) is 53.5 Å². The van der Waals surface area contributed by atoms with Gasteiger partial charge in [0.25, 0.3) is 0 Å². The third-order valence-corrected chi connectivity index (χ3v) is 6.80. The average molecular weight is 455 g/mol. The van der Waals surface area contributed by atoms with E-state index in [9.17, 15) is 10.2 Å². The maximum atomic E-state index is 9.86. The number of hydrogen-bond acceptors (Lipinski definition) is 6. The first kappa shape index (κ1) is 22.5. The topological polar surface area (TPSA) is 81.5 Å². The minimum Gasteiger partial charge on any atom is -0.367 e. The van der Waals surface area contributed by atoms with Gasteiger partial charge in [-0.3, -0.25) is 9.88 Å². The van der Waals surface area contributed by atoms with Gasteiger partial charge in [-0.25, -0.2) is 4.98 Å². The van der Waals surface area contributed by atoms with Gasteiger partial charge in [-0.2, -0.15) is 0 Å². The van der Waals surface area contributed by atoms with Gasteiger partial charge in [0.05, 0.1) is 6.04 Å². The second-order valence-corrected chi connectivity index (χ2v) is 8.94. The molecule has 0 spiro atoms. The van der Waals surface area contributed by atoms with Gasteiger partial charge in [-0.05, 0) is 66.8 Å². The quantitative estimate of drug-likeness (QED) is 0.355. The normalized spacial score (nSPS) is 16.8. The molecule has 0 amide bonds. The molecule has 4 aromatic rings. The monoisotopic (exact) mass is 454 g/mol. The molecule has 0 saturated carbocycles. The van der Waals surface area contributed by atoms with Crippen molar-refractivity contribution in [3.63, 3.8) is 0 Å². The summed E-state index contributed by atoms with van der Waals surface area (Å²) in [6.45, 7) is 3.62. The van der Waals surface area contributed by atoms with E-state index in [1.807, 2.05) is 24.4 Å². The molecule has 0 aliphatic carbocycles. The second-order valence-electron chi connectivity index (χ2n) is 8.94. The molecule has 0 radical (unpaired) electrons. The zero-order chi connectivity index (χ0) is 23.5. The van der Waals surface area contributed by atoms with Crippen molar-refractivity contribution in [1.29, 1.82) is 0 Å². The fourth-order valence-corrected chi connectivity index (χ4v) is 4.96. The summed E-state index contributed by atoms with van der Waals surface area (Å²) < 4.78 is 0. The van der Waals surface area contributed by atoms with Crippen LogP contribution < -0.4 is 5.32 Å². The molecular weight excluding hydrogens is 424 g/mol. The Labute approximate surface area is 199 Å². The third kappa shape index (κ3) is 4.53. The molecule has 6 nitrogen and oxygen atoms in total. The van der Waals surface area contributed by atoms with Crippen LogP contribution in [0.4, 0.5) is 11.5 Å². The SMILES string of the molecule is Cc1c(Nc2nccc3c(CN4CCCCC4C(O)O)ccnc23)cccc1-c1ccccc1. The number of aliphatic hydroxyl groups is 2. The van der Waals surface area contributed by atoms with E-state index in [-0.39, 0.29) is 6.04 Å². The number of pyridine rings is 2. The van der Waals surface area contributed by atoms with Crippen molar-refractivity contribution in [1.82, 2.24) is 14.9 Å². The van der Waals surface area contributed by atoms with Crippen molar-refractivity contribution in [3.8, 4) is 11.1 Å². The molecule has 34 heavy (non-hydrogen) atoms. The molecule has 1 aliphatic rings. The number of aromatic nitrogens is 2. The van der Waals surface area contributed by atoms with E-state index in [0.29, 0.717) is 12.4 Å². The first-order valence-electron chi connectivity index (χ1n) is 11.9. The Morgan fingerprint density at radius 2 is 1.79 bits per heavy atom. The number of rotatable bonds is 6. The van der Waals surface area contributed by atoms with Crippen molar-refractivity contribution in [2.24, 2.45) is 0 Å². The lowest BCUT2D eigenvalue weighted by molar-refractivity contribution is -0.112. The summed E-state index contributed by atoms with van der Waals surface area (Å²) in [5, 5.41) is 24.3.